The fourth-order valence-electron chi connectivity index (χ4n) is 3.24. The summed E-state index contributed by atoms with van der Waals surface area (Å²) in [5, 5.41) is 0. The minimum atomic E-state index is 0.629. The van der Waals surface area contributed by atoms with Crippen molar-refractivity contribution < 1.29 is 4.74 Å². The van der Waals surface area contributed by atoms with Gasteiger partial charge < -0.3 is 4.74 Å². The van der Waals surface area contributed by atoms with Crippen LogP contribution in [0.1, 0.15) is 42.9 Å². The van der Waals surface area contributed by atoms with Crippen LogP contribution in [-0.4, -0.2) is 31.2 Å². The lowest BCUT2D eigenvalue weighted by molar-refractivity contribution is 0.162. The van der Waals surface area contributed by atoms with E-state index < -0.39 is 0 Å². The summed E-state index contributed by atoms with van der Waals surface area (Å²) in [6.45, 7) is 10.0. The van der Waals surface area contributed by atoms with Crippen LogP contribution in [0.25, 0.3) is 0 Å². The molecule has 3 rings (SSSR count). The molecule has 104 valence electrons. The Hall–Kier alpha value is -0.860. The highest BCUT2D eigenvalue weighted by molar-refractivity contribution is 5.35. The Morgan fingerprint density at radius 1 is 1.32 bits per heavy atom. The molecule has 0 N–H and O–H groups in total. The molecule has 2 nitrogen and oxygen atoms in total. The third-order valence-electron chi connectivity index (χ3n) is 4.53. The molecule has 0 spiro atoms. The summed E-state index contributed by atoms with van der Waals surface area (Å²) >= 11 is 0. The van der Waals surface area contributed by atoms with Gasteiger partial charge in [0.05, 0.1) is 6.61 Å². The Morgan fingerprint density at radius 3 is 2.95 bits per heavy atom. The average molecular weight is 259 g/mol. The molecule has 19 heavy (non-hydrogen) atoms. The summed E-state index contributed by atoms with van der Waals surface area (Å²) in [6, 6.07) is 7.09. The number of nitrogens with zero attached hydrogens (tertiary/aromatic N) is 1. The van der Waals surface area contributed by atoms with E-state index in [2.05, 4.69) is 36.9 Å². The lowest BCUT2D eigenvalue weighted by atomic mass is 9.93. The van der Waals surface area contributed by atoms with Crippen molar-refractivity contribution in [2.75, 3.05) is 26.3 Å². The van der Waals surface area contributed by atoms with Gasteiger partial charge in [0.2, 0.25) is 0 Å². The zero-order valence-corrected chi connectivity index (χ0v) is 12.2. The second kappa shape index (κ2) is 5.64. The SMILES string of the molecule is CC(C)c1ccc2c(c1)CN(CC1CCOC1)CC2. The van der Waals surface area contributed by atoms with Gasteiger partial charge in [0.25, 0.3) is 0 Å². The Morgan fingerprint density at radius 2 is 2.21 bits per heavy atom. The molecule has 1 atom stereocenters. The molecule has 2 aliphatic heterocycles. The van der Waals surface area contributed by atoms with Gasteiger partial charge in [0.1, 0.15) is 0 Å². The van der Waals surface area contributed by atoms with Gasteiger partial charge in [-0.3, -0.25) is 4.90 Å². The number of benzene rings is 1. The summed E-state index contributed by atoms with van der Waals surface area (Å²) in [5.74, 6) is 1.39. The van der Waals surface area contributed by atoms with Crippen molar-refractivity contribution in [1.29, 1.82) is 0 Å². The van der Waals surface area contributed by atoms with Gasteiger partial charge in [0, 0.05) is 26.2 Å². The fraction of sp³-hybridized carbons (Fsp3) is 0.647. The molecule has 0 aromatic heterocycles. The molecule has 0 amide bonds. The molecular weight excluding hydrogens is 234 g/mol. The zero-order valence-electron chi connectivity index (χ0n) is 12.2. The van der Waals surface area contributed by atoms with E-state index >= 15 is 0 Å². The van der Waals surface area contributed by atoms with E-state index in [-0.39, 0.29) is 0 Å². The highest BCUT2D eigenvalue weighted by Crippen LogP contribution is 2.25. The largest absolute Gasteiger partial charge is 0.381 e. The Balaban J connectivity index is 1.69. The summed E-state index contributed by atoms with van der Waals surface area (Å²) in [7, 11) is 0. The van der Waals surface area contributed by atoms with Crippen molar-refractivity contribution in [3.05, 3.63) is 34.9 Å². The summed E-state index contributed by atoms with van der Waals surface area (Å²) < 4.78 is 5.49. The van der Waals surface area contributed by atoms with Crippen LogP contribution in [0, 0.1) is 5.92 Å². The molecular formula is C17H25NO. The van der Waals surface area contributed by atoms with Crippen LogP contribution in [0.4, 0.5) is 0 Å². The molecule has 1 unspecified atom stereocenters. The Labute approximate surface area is 116 Å². The maximum Gasteiger partial charge on any atom is 0.0507 e. The predicted molar refractivity (Wildman–Crippen MR) is 78.4 cm³/mol. The van der Waals surface area contributed by atoms with E-state index in [9.17, 15) is 0 Å². The van der Waals surface area contributed by atoms with Crippen LogP contribution in [0.3, 0.4) is 0 Å². The van der Waals surface area contributed by atoms with E-state index in [1.807, 2.05) is 0 Å². The van der Waals surface area contributed by atoms with E-state index in [0.29, 0.717) is 5.92 Å². The summed E-state index contributed by atoms with van der Waals surface area (Å²) in [4.78, 5) is 2.62. The number of hydrogen-bond donors (Lipinski definition) is 0. The van der Waals surface area contributed by atoms with Gasteiger partial charge in [0.15, 0.2) is 0 Å². The molecule has 2 heteroatoms. The molecule has 0 aliphatic carbocycles. The first-order chi connectivity index (χ1) is 9.22. The van der Waals surface area contributed by atoms with Crippen molar-refractivity contribution in [3.63, 3.8) is 0 Å². The maximum atomic E-state index is 5.49. The van der Waals surface area contributed by atoms with Crippen LogP contribution in [0.5, 0.6) is 0 Å². The minimum absolute atomic E-state index is 0.629. The molecule has 1 aromatic carbocycles. The second-order valence-electron chi connectivity index (χ2n) is 6.40. The van der Waals surface area contributed by atoms with E-state index in [1.165, 1.54) is 31.5 Å². The monoisotopic (exact) mass is 259 g/mol. The van der Waals surface area contributed by atoms with Crippen molar-refractivity contribution in [3.8, 4) is 0 Å². The van der Waals surface area contributed by atoms with Gasteiger partial charge in [-0.05, 0) is 41.4 Å². The zero-order chi connectivity index (χ0) is 13.2. The summed E-state index contributed by atoms with van der Waals surface area (Å²) in [5.41, 5.74) is 4.59. The second-order valence-corrected chi connectivity index (χ2v) is 6.40. The Kier molecular flexibility index (Phi) is 3.90. The quantitative estimate of drug-likeness (QED) is 0.826. The van der Waals surface area contributed by atoms with Crippen LogP contribution >= 0.6 is 0 Å². The normalized spacial score (nSPS) is 23.8. The van der Waals surface area contributed by atoms with E-state index in [1.54, 1.807) is 11.1 Å². The van der Waals surface area contributed by atoms with E-state index in [0.717, 1.165) is 25.7 Å². The third kappa shape index (κ3) is 3.01. The first-order valence-corrected chi connectivity index (χ1v) is 7.64. The van der Waals surface area contributed by atoms with Crippen LogP contribution in [0.15, 0.2) is 18.2 Å². The lowest BCUT2D eigenvalue weighted by Gasteiger charge is -2.31. The van der Waals surface area contributed by atoms with Gasteiger partial charge in [-0.1, -0.05) is 32.0 Å². The molecule has 1 saturated heterocycles. The van der Waals surface area contributed by atoms with Crippen molar-refractivity contribution in [2.24, 2.45) is 5.92 Å². The van der Waals surface area contributed by atoms with Crippen molar-refractivity contribution in [1.82, 2.24) is 4.90 Å². The fourth-order valence-corrected chi connectivity index (χ4v) is 3.24. The standard InChI is InChI=1S/C17H25NO/c1-13(2)16-4-3-15-5-7-18(11-17(15)9-16)10-14-6-8-19-12-14/h3-4,9,13-14H,5-8,10-12H2,1-2H3. The van der Waals surface area contributed by atoms with Crippen LogP contribution in [-0.2, 0) is 17.7 Å². The number of rotatable bonds is 3. The smallest absolute Gasteiger partial charge is 0.0507 e. The molecule has 1 aromatic rings. The van der Waals surface area contributed by atoms with Crippen LogP contribution in [0.2, 0.25) is 0 Å². The maximum absolute atomic E-state index is 5.49. The number of fused-ring (bicyclic) bond motifs is 1. The highest BCUT2D eigenvalue weighted by Gasteiger charge is 2.22. The predicted octanol–water partition coefficient (Wildman–Crippen LogP) is 3.20. The minimum Gasteiger partial charge on any atom is -0.381 e. The van der Waals surface area contributed by atoms with Gasteiger partial charge in [-0.2, -0.15) is 0 Å². The van der Waals surface area contributed by atoms with Crippen molar-refractivity contribution in [2.45, 2.75) is 39.2 Å². The van der Waals surface area contributed by atoms with Crippen LogP contribution < -0.4 is 0 Å². The first-order valence-electron chi connectivity index (χ1n) is 7.64. The lowest BCUT2D eigenvalue weighted by Crippen LogP contribution is -2.34. The highest BCUT2D eigenvalue weighted by atomic mass is 16.5. The molecule has 1 fully saturated rings. The van der Waals surface area contributed by atoms with E-state index in [4.69, 9.17) is 4.74 Å². The average Bonchev–Trinajstić information content (AvgIpc) is 2.90. The van der Waals surface area contributed by atoms with Crippen molar-refractivity contribution >= 4 is 0 Å². The summed E-state index contributed by atoms with van der Waals surface area (Å²) in [6.07, 6.45) is 2.46. The Bertz CT molecular complexity index is 435. The molecule has 2 aliphatic rings. The molecule has 0 saturated carbocycles. The van der Waals surface area contributed by atoms with Gasteiger partial charge in [-0.15, -0.1) is 0 Å². The number of ether oxygens (including phenoxy) is 1. The topological polar surface area (TPSA) is 12.5 Å². The molecule has 0 bridgehead atoms. The molecule has 0 radical (unpaired) electrons. The third-order valence-corrected chi connectivity index (χ3v) is 4.53. The molecule has 2 heterocycles. The first kappa shape index (κ1) is 13.1. The number of hydrogen-bond acceptors (Lipinski definition) is 2. The van der Waals surface area contributed by atoms with Gasteiger partial charge >= 0.3 is 0 Å². The van der Waals surface area contributed by atoms with Gasteiger partial charge in [-0.25, -0.2) is 0 Å².